The van der Waals surface area contributed by atoms with E-state index in [-0.39, 0.29) is 11.5 Å². The van der Waals surface area contributed by atoms with Crippen molar-refractivity contribution < 1.29 is 13.2 Å². The van der Waals surface area contributed by atoms with Gasteiger partial charge in [0, 0.05) is 12.2 Å². The summed E-state index contributed by atoms with van der Waals surface area (Å²) in [4.78, 5) is 6.27. The Morgan fingerprint density at radius 2 is 1.85 bits per heavy atom. The molecule has 0 spiro atoms. The molecule has 132 valence electrons. The number of nitrogens with zero attached hydrogens (tertiary/aromatic N) is 4. The summed E-state index contributed by atoms with van der Waals surface area (Å²) in [5, 5.41) is 10.6. The van der Waals surface area contributed by atoms with Gasteiger partial charge in [0.15, 0.2) is 23.3 Å². The van der Waals surface area contributed by atoms with E-state index in [0.717, 1.165) is 37.2 Å². The molecule has 8 heteroatoms. The average Bonchev–Trinajstić information content (AvgIpc) is 2.68. The van der Waals surface area contributed by atoms with E-state index in [1.54, 1.807) is 0 Å². The number of hydrogen-bond donors (Lipinski definition) is 1. The lowest BCUT2D eigenvalue weighted by Crippen LogP contribution is -2.26. The molecule has 0 amide bonds. The van der Waals surface area contributed by atoms with Gasteiger partial charge in [-0.1, -0.05) is 18.2 Å². The zero-order valence-corrected chi connectivity index (χ0v) is 13.6. The summed E-state index contributed by atoms with van der Waals surface area (Å²) in [6, 6.07) is 9.89. The molecule has 3 aromatic rings. The van der Waals surface area contributed by atoms with Crippen molar-refractivity contribution in [2.75, 3.05) is 16.8 Å². The second kappa shape index (κ2) is 6.62. The first kappa shape index (κ1) is 16.3. The molecular weight excluding hydrogens is 343 g/mol. The molecule has 5 nitrogen and oxygen atoms in total. The highest BCUT2D eigenvalue weighted by atomic mass is 19.2. The van der Waals surface area contributed by atoms with Crippen LogP contribution in [0.2, 0.25) is 0 Å². The third-order valence-electron chi connectivity index (χ3n) is 4.20. The first-order valence-electron chi connectivity index (χ1n) is 8.09. The van der Waals surface area contributed by atoms with E-state index < -0.39 is 17.5 Å². The van der Waals surface area contributed by atoms with Crippen LogP contribution in [-0.4, -0.2) is 21.7 Å². The average molecular weight is 357 g/mol. The normalized spacial score (nSPS) is 13.4. The topological polar surface area (TPSA) is 53.9 Å². The third-order valence-corrected chi connectivity index (χ3v) is 4.20. The van der Waals surface area contributed by atoms with Gasteiger partial charge in [-0.15, -0.1) is 5.10 Å². The molecule has 4 rings (SSSR count). The Morgan fingerprint density at radius 3 is 2.73 bits per heavy atom. The van der Waals surface area contributed by atoms with Crippen LogP contribution in [0.1, 0.15) is 12.0 Å². The van der Waals surface area contributed by atoms with E-state index in [0.29, 0.717) is 5.95 Å². The fraction of sp³-hybridized carbons (Fsp3) is 0.167. The molecular formula is C18H14F3N5. The Morgan fingerprint density at radius 1 is 1.00 bits per heavy atom. The van der Waals surface area contributed by atoms with Crippen LogP contribution in [0.4, 0.5) is 36.3 Å². The van der Waals surface area contributed by atoms with Gasteiger partial charge >= 0.3 is 0 Å². The molecule has 0 radical (unpaired) electrons. The summed E-state index contributed by atoms with van der Waals surface area (Å²) in [6.07, 6.45) is 3.20. The number of para-hydroxylation sites is 1. The smallest absolute Gasteiger partial charge is 0.251 e. The maximum atomic E-state index is 13.8. The largest absolute Gasteiger partial charge is 0.336 e. The molecule has 0 saturated carbocycles. The zero-order chi connectivity index (χ0) is 18.1. The molecule has 0 saturated heterocycles. The van der Waals surface area contributed by atoms with Gasteiger partial charge in [0.2, 0.25) is 0 Å². The van der Waals surface area contributed by atoms with Crippen LogP contribution in [0.25, 0.3) is 0 Å². The van der Waals surface area contributed by atoms with Crippen molar-refractivity contribution in [2.24, 2.45) is 0 Å². The highest BCUT2D eigenvalue weighted by Gasteiger charge is 2.21. The summed E-state index contributed by atoms with van der Waals surface area (Å²) >= 11 is 0. The highest BCUT2D eigenvalue weighted by Crippen LogP contribution is 2.31. The van der Waals surface area contributed by atoms with Crippen LogP contribution in [0.3, 0.4) is 0 Å². The van der Waals surface area contributed by atoms with Gasteiger partial charge in [-0.2, -0.15) is 10.1 Å². The fourth-order valence-corrected chi connectivity index (χ4v) is 2.97. The van der Waals surface area contributed by atoms with Crippen LogP contribution in [0.15, 0.2) is 42.6 Å². The Bertz CT molecular complexity index is 963. The van der Waals surface area contributed by atoms with E-state index >= 15 is 0 Å². The molecule has 0 bridgehead atoms. The van der Waals surface area contributed by atoms with E-state index in [2.05, 4.69) is 20.5 Å². The predicted molar refractivity (Wildman–Crippen MR) is 91.2 cm³/mol. The lowest BCUT2D eigenvalue weighted by molar-refractivity contribution is 0.449. The summed E-state index contributed by atoms with van der Waals surface area (Å²) in [7, 11) is 0. The van der Waals surface area contributed by atoms with Gasteiger partial charge in [-0.3, -0.25) is 0 Å². The number of aromatic nitrogens is 3. The molecule has 0 fully saturated rings. The van der Waals surface area contributed by atoms with Crippen molar-refractivity contribution in [1.29, 1.82) is 0 Å². The quantitative estimate of drug-likeness (QED) is 0.715. The van der Waals surface area contributed by atoms with E-state index in [1.807, 2.05) is 29.2 Å². The maximum Gasteiger partial charge on any atom is 0.251 e. The van der Waals surface area contributed by atoms with Crippen molar-refractivity contribution in [1.82, 2.24) is 15.2 Å². The Balaban J connectivity index is 1.65. The monoisotopic (exact) mass is 357 g/mol. The van der Waals surface area contributed by atoms with Crippen molar-refractivity contribution in [2.45, 2.75) is 12.8 Å². The SMILES string of the molecule is Fc1ccc(Nc2cnnc(N3CCCc4ccccc43)n2)c(F)c1F. The van der Waals surface area contributed by atoms with Crippen molar-refractivity contribution in [3.05, 3.63) is 65.6 Å². The maximum absolute atomic E-state index is 13.8. The van der Waals surface area contributed by atoms with Gasteiger partial charge in [0.1, 0.15) is 0 Å². The van der Waals surface area contributed by atoms with Crippen LogP contribution in [0.5, 0.6) is 0 Å². The molecule has 2 aromatic carbocycles. The number of fused-ring (bicyclic) bond motifs is 1. The Hall–Kier alpha value is -3.16. The van der Waals surface area contributed by atoms with E-state index in [4.69, 9.17) is 0 Å². The molecule has 0 unspecified atom stereocenters. The summed E-state index contributed by atoms with van der Waals surface area (Å²) in [5.74, 6) is -3.57. The Kier molecular flexibility index (Phi) is 4.16. The summed E-state index contributed by atoms with van der Waals surface area (Å²) < 4.78 is 40.3. The second-order valence-corrected chi connectivity index (χ2v) is 5.87. The van der Waals surface area contributed by atoms with Gasteiger partial charge in [0.05, 0.1) is 11.9 Å². The second-order valence-electron chi connectivity index (χ2n) is 5.87. The minimum Gasteiger partial charge on any atom is -0.336 e. The van der Waals surface area contributed by atoms with Crippen LogP contribution >= 0.6 is 0 Å². The van der Waals surface area contributed by atoms with Gasteiger partial charge in [0.25, 0.3) is 5.95 Å². The number of aryl methyl sites for hydroxylation is 1. The van der Waals surface area contributed by atoms with Crippen LogP contribution < -0.4 is 10.2 Å². The number of hydrogen-bond acceptors (Lipinski definition) is 5. The number of nitrogens with one attached hydrogen (secondary N) is 1. The molecule has 1 aliphatic heterocycles. The predicted octanol–water partition coefficient (Wildman–Crippen LogP) is 4.12. The van der Waals surface area contributed by atoms with Gasteiger partial charge in [-0.05, 0) is 36.6 Å². The lowest BCUT2D eigenvalue weighted by atomic mass is 10.0. The van der Waals surface area contributed by atoms with Crippen molar-refractivity contribution in [3.63, 3.8) is 0 Å². The van der Waals surface area contributed by atoms with Gasteiger partial charge < -0.3 is 10.2 Å². The Labute approximate surface area is 147 Å². The number of benzene rings is 2. The first-order chi connectivity index (χ1) is 12.6. The van der Waals surface area contributed by atoms with Crippen LogP contribution in [0, 0.1) is 17.5 Å². The number of rotatable bonds is 3. The highest BCUT2D eigenvalue weighted by molar-refractivity contribution is 5.64. The minimum atomic E-state index is -1.54. The standard InChI is InChI=1S/C18H14F3N5/c19-12-7-8-13(17(21)16(12)20)23-15-10-22-25-18(24-15)26-9-3-5-11-4-1-2-6-14(11)26/h1-2,4,6-8,10H,3,5,9H2,(H,23,24,25). The first-order valence-corrected chi connectivity index (χ1v) is 8.09. The van der Waals surface area contributed by atoms with E-state index in [1.165, 1.54) is 11.8 Å². The van der Waals surface area contributed by atoms with Crippen molar-refractivity contribution in [3.8, 4) is 0 Å². The van der Waals surface area contributed by atoms with Crippen LogP contribution in [-0.2, 0) is 6.42 Å². The number of anilines is 4. The third kappa shape index (κ3) is 2.94. The lowest BCUT2D eigenvalue weighted by Gasteiger charge is -2.29. The molecule has 1 aliphatic rings. The molecule has 0 atom stereocenters. The molecule has 1 aromatic heterocycles. The molecule has 2 heterocycles. The van der Waals surface area contributed by atoms with Gasteiger partial charge in [-0.25, -0.2) is 13.2 Å². The molecule has 1 N–H and O–H groups in total. The minimum absolute atomic E-state index is 0.183. The molecule has 26 heavy (non-hydrogen) atoms. The summed E-state index contributed by atoms with van der Waals surface area (Å²) in [5.41, 5.74) is 1.96. The van der Waals surface area contributed by atoms with E-state index in [9.17, 15) is 13.2 Å². The summed E-state index contributed by atoms with van der Waals surface area (Å²) in [6.45, 7) is 0.724. The molecule has 0 aliphatic carbocycles. The fourth-order valence-electron chi connectivity index (χ4n) is 2.97. The van der Waals surface area contributed by atoms with Crippen molar-refractivity contribution >= 4 is 23.1 Å². The zero-order valence-electron chi connectivity index (χ0n) is 13.6. The number of halogens is 3.